The lowest BCUT2D eigenvalue weighted by molar-refractivity contribution is -0.121. The lowest BCUT2D eigenvalue weighted by atomic mass is 10.3. The molecule has 3 heterocycles. The number of anilines is 1. The van der Waals surface area contributed by atoms with Gasteiger partial charge in [-0.05, 0) is 60.3 Å². The number of carbonyl (C=O) groups is 1. The Morgan fingerprint density at radius 2 is 1.58 bits per heavy atom. The van der Waals surface area contributed by atoms with Gasteiger partial charge in [0.25, 0.3) is 5.91 Å². The van der Waals surface area contributed by atoms with Gasteiger partial charge in [-0.3, -0.25) is 14.7 Å². The van der Waals surface area contributed by atoms with Crippen molar-refractivity contribution in [1.82, 2.24) is 9.88 Å². The van der Waals surface area contributed by atoms with Crippen molar-refractivity contribution in [3.63, 3.8) is 0 Å². The zero-order valence-corrected chi connectivity index (χ0v) is 19.3. The highest BCUT2D eigenvalue weighted by atomic mass is 35.5. The molecular formula is C23H19ClN4OS2. The fraction of sp³-hybridized carbons (Fsp3) is 0.0870. The molecule has 0 bridgehead atoms. The number of hydrogen-bond donors (Lipinski definition) is 0. The number of amidine groups is 1. The van der Waals surface area contributed by atoms with Crippen LogP contribution in [0.2, 0.25) is 5.02 Å². The summed E-state index contributed by atoms with van der Waals surface area (Å²) in [6.07, 6.45) is 3.50. The first-order valence-corrected chi connectivity index (χ1v) is 11.5. The predicted octanol–water partition coefficient (Wildman–Crippen LogP) is 6.03. The number of hydrogen-bond acceptors (Lipinski definition) is 6. The SMILES string of the molecule is CN1C(=O)/C(=C2/Sc3ccccc3N2C)SC1=Nc1ccc(Cl)cc1.c1ccncc1. The van der Waals surface area contributed by atoms with Crippen molar-refractivity contribution in [1.29, 1.82) is 0 Å². The topological polar surface area (TPSA) is 48.8 Å². The first-order chi connectivity index (χ1) is 15.0. The second-order valence-electron chi connectivity index (χ2n) is 6.62. The maximum Gasteiger partial charge on any atom is 0.269 e. The monoisotopic (exact) mass is 466 g/mol. The van der Waals surface area contributed by atoms with Gasteiger partial charge in [-0.2, -0.15) is 0 Å². The van der Waals surface area contributed by atoms with E-state index in [1.807, 2.05) is 49.5 Å². The summed E-state index contributed by atoms with van der Waals surface area (Å²) in [5, 5.41) is 2.28. The van der Waals surface area contributed by atoms with Crippen molar-refractivity contribution >= 4 is 57.6 Å². The van der Waals surface area contributed by atoms with E-state index in [0.29, 0.717) is 15.1 Å². The van der Waals surface area contributed by atoms with Gasteiger partial charge < -0.3 is 4.90 Å². The van der Waals surface area contributed by atoms with Crippen LogP contribution in [-0.2, 0) is 4.79 Å². The molecule has 0 unspecified atom stereocenters. The number of fused-ring (bicyclic) bond motifs is 1. The smallest absolute Gasteiger partial charge is 0.269 e. The molecule has 1 saturated heterocycles. The van der Waals surface area contributed by atoms with Crippen molar-refractivity contribution in [3.05, 3.63) is 94.1 Å². The number of rotatable bonds is 1. The Bertz CT molecular complexity index is 1120. The molecule has 156 valence electrons. The molecule has 5 rings (SSSR count). The minimum Gasteiger partial charge on any atom is -0.337 e. The Morgan fingerprint density at radius 1 is 0.871 bits per heavy atom. The van der Waals surface area contributed by atoms with Gasteiger partial charge in [0.2, 0.25) is 0 Å². The molecule has 2 aliphatic rings. The minimum absolute atomic E-state index is 0.0279. The van der Waals surface area contributed by atoms with E-state index in [1.165, 1.54) is 11.8 Å². The van der Waals surface area contributed by atoms with Crippen molar-refractivity contribution in [2.75, 3.05) is 19.0 Å². The van der Waals surface area contributed by atoms with Gasteiger partial charge in [0.15, 0.2) is 5.17 Å². The fourth-order valence-corrected chi connectivity index (χ4v) is 5.37. The zero-order chi connectivity index (χ0) is 21.8. The third kappa shape index (κ3) is 4.79. The average Bonchev–Trinajstić information content (AvgIpc) is 3.28. The van der Waals surface area contributed by atoms with E-state index < -0.39 is 0 Å². The molecule has 0 saturated carbocycles. The van der Waals surface area contributed by atoms with E-state index in [-0.39, 0.29) is 5.91 Å². The van der Waals surface area contributed by atoms with E-state index in [1.54, 1.807) is 48.2 Å². The molecule has 2 aliphatic heterocycles. The van der Waals surface area contributed by atoms with Crippen LogP contribution in [0.15, 0.2) is 98.9 Å². The highest BCUT2D eigenvalue weighted by molar-refractivity contribution is 8.19. The van der Waals surface area contributed by atoms with Gasteiger partial charge in [-0.25, -0.2) is 4.99 Å². The Kier molecular flexibility index (Phi) is 6.65. The van der Waals surface area contributed by atoms with Crippen LogP contribution in [0, 0.1) is 0 Å². The Morgan fingerprint density at radius 3 is 2.19 bits per heavy atom. The molecule has 1 amide bonds. The number of benzene rings is 2. The first kappa shape index (κ1) is 21.5. The second-order valence-corrected chi connectivity index (χ2v) is 9.07. The summed E-state index contributed by atoms with van der Waals surface area (Å²) in [6.45, 7) is 0. The van der Waals surface area contributed by atoms with Crippen molar-refractivity contribution in [3.8, 4) is 0 Å². The van der Waals surface area contributed by atoms with Crippen molar-refractivity contribution in [2.45, 2.75) is 4.90 Å². The summed E-state index contributed by atoms with van der Waals surface area (Å²) in [6, 6.07) is 21.1. The summed E-state index contributed by atoms with van der Waals surface area (Å²) in [7, 11) is 3.74. The molecule has 0 spiro atoms. The van der Waals surface area contributed by atoms with Crippen LogP contribution >= 0.6 is 35.1 Å². The number of amides is 1. The van der Waals surface area contributed by atoms with Gasteiger partial charge in [-0.15, -0.1) is 0 Å². The van der Waals surface area contributed by atoms with Crippen LogP contribution in [0.5, 0.6) is 0 Å². The Labute approximate surface area is 194 Å². The quantitative estimate of drug-likeness (QED) is 0.410. The lowest BCUT2D eigenvalue weighted by Gasteiger charge is -2.14. The molecule has 8 heteroatoms. The number of thioether (sulfide) groups is 2. The van der Waals surface area contributed by atoms with Gasteiger partial charge in [-0.1, -0.05) is 41.6 Å². The first-order valence-electron chi connectivity index (χ1n) is 9.44. The highest BCUT2D eigenvalue weighted by Crippen LogP contribution is 2.49. The molecular weight excluding hydrogens is 448 g/mol. The van der Waals surface area contributed by atoms with Gasteiger partial charge in [0.05, 0.1) is 16.4 Å². The summed E-state index contributed by atoms with van der Waals surface area (Å²) >= 11 is 8.95. The van der Waals surface area contributed by atoms with Crippen LogP contribution in [0.4, 0.5) is 11.4 Å². The van der Waals surface area contributed by atoms with Crippen molar-refractivity contribution < 1.29 is 4.79 Å². The van der Waals surface area contributed by atoms with E-state index in [0.717, 1.165) is 21.3 Å². The van der Waals surface area contributed by atoms with Gasteiger partial charge in [0, 0.05) is 36.4 Å². The van der Waals surface area contributed by atoms with E-state index in [9.17, 15) is 4.79 Å². The molecule has 0 radical (unpaired) electrons. The number of aromatic nitrogens is 1. The number of pyridine rings is 1. The molecule has 0 aliphatic carbocycles. The molecule has 5 nitrogen and oxygen atoms in total. The van der Waals surface area contributed by atoms with E-state index >= 15 is 0 Å². The number of nitrogens with zero attached hydrogens (tertiary/aromatic N) is 4. The number of likely N-dealkylation sites (N-methyl/N-ethyl adjacent to an activating group) is 1. The summed E-state index contributed by atoms with van der Waals surface area (Å²) in [5.41, 5.74) is 1.89. The number of para-hydroxylation sites is 1. The normalized spacial score (nSPS) is 18.8. The maximum atomic E-state index is 12.7. The highest BCUT2D eigenvalue weighted by Gasteiger charge is 2.37. The molecule has 31 heavy (non-hydrogen) atoms. The Balaban J connectivity index is 0.000000334. The third-order valence-corrected chi connectivity index (χ3v) is 7.27. The Hall–Kier alpha value is -2.74. The van der Waals surface area contributed by atoms with Gasteiger partial charge >= 0.3 is 0 Å². The third-order valence-electron chi connectivity index (χ3n) is 4.53. The average molecular weight is 467 g/mol. The second kappa shape index (κ2) is 9.60. The van der Waals surface area contributed by atoms with Crippen molar-refractivity contribution in [2.24, 2.45) is 4.99 Å². The summed E-state index contributed by atoms with van der Waals surface area (Å²) < 4.78 is 0. The molecule has 2 aromatic carbocycles. The molecule has 0 N–H and O–H groups in total. The summed E-state index contributed by atoms with van der Waals surface area (Å²) in [4.78, 5) is 26.7. The number of aliphatic imine (C=N–C) groups is 1. The molecule has 3 aromatic rings. The van der Waals surface area contributed by atoms with Crippen LogP contribution in [0.3, 0.4) is 0 Å². The van der Waals surface area contributed by atoms with Crippen LogP contribution in [0.1, 0.15) is 0 Å². The standard InChI is InChI=1S/C18H14ClN3OS2.C5H5N/c1-21-13-5-3-4-6-14(13)24-17(21)15-16(23)22(2)18(25-15)20-12-9-7-11(19)8-10-12;1-2-4-6-5-3-1/h3-10H,1-2H3;1-5H/b17-15-,20-18?;. The largest absolute Gasteiger partial charge is 0.337 e. The number of carbonyl (C=O) groups excluding carboxylic acids is 1. The molecule has 1 aromatic heterocycles. The van der Waals surface area contributed by atoms with Crippen LogP contribution in [0.25, 0.3) is 0 Å². The maximum absolute atomic E-state index is 12.7. The minimum atomic E-state index is -0.0279. The fourth-order valence-electron chi connectivity index (χ4n) is 2.92. The van der Waals surface area contributed by atoms with E-state index in [2.05, 4.69) is 27.0 Å². The number of halogens is 1. The zero-order valence-electron chi connectivity index (χ0n) is 16.9. The molecule has 0 atom stereocenters. The van der Waals surface area contributed by atoms with E-state index in [4.69, 9.17) is 11.6 Å². The van der Waals surface area contributed by atoms with Gasteiger partial charge in [0.1, 0.15) is 4.91 Å². The van der Waals surface area contributed by atoms with Crippen LogP contribution in [-0.4, -0.2) is 35.1 Å². The summed E-state index contributed by atoms with van der Waals surface area (Å²) in [5.74, 6) is -0.0279. The van der Waals surface area contributed by atoms with Crippen LogP contribution < -0.4 is 4.90 Å². The lowest BCUT2D eigenvalue weighted by Crippen LogP contribution is -2.24. The predicted molar refractivity (Wildman–Crippen MR) is 131 cm³/mol. The molecule has 1 fully saturated rings.